The van der Waals surface area contributed by atoms with Gasteiger partial charge >= 0.3 is 0 Å². The lowest BCUT2D eigenvalue weighted by molar-refractivity contribution is 0.282. The summed E-state index contributed by atoms with van der Waals surface area (Å²) in [6.45, 7) is 0.410. The summed E-state index contributed by atoms with van der Waals surface area (Å²) in [6, 6.07) is 25.5. The lowest BCUT2D eigenvalue weighted by Gasteiger charge is -2.14. The predicted octanol–water partition coefficient (Wildman–Crippen LogP) is 6.67. The Morgan fingerprint density at radius 2 is 1.70 bits per heavy atom. The van der Waals surface area contributed by atoms with Gasteiger partial charge in [0.05, 0.1) is 17.0 Å². The first-order valence-electron chi connectivity index (χ1n) is 10.3. The normalized spacial score (nSPS) is 11.0. The fourth-order valence-corrected chi connectivity index (χ4v) is 5.13. The van der Waals surface area contributed by atoms with E-state index in [0.717, 1.165) is 21.6 Å². The van der Waals surface area contributed by atoms with Gasteiger partial charge in [-0.25, -0.2) is 4.98 Å². The van der Waals surface area contributed by atoms with E-state index in [0.29, 0.717) is 38.6 Å². The van der Waals surface area contributed by atoms with E-state index >= 15 is 0 Å². The molecule has 3 aromatic carbocycles. The Hall–Kier alpha value is -3.42. The van der Waals surface area contributed by atoms with Gasteiger partial charge in [0.15, 0.2) is 11.5 Å². The number of rotatable bonds is 6. The Labute approximate surface area is 202 Å². The quantitative estimate of drug-likeness (QED) is 0.272. The minimum Gasteiger partial charge on any atom is -0.493 e. The highest BCUT2D eigenvalue weighted by Gasteiger charge is 2.16. The number of methoxy groups -OCH3 is 1. The maximum absolute atomic E-state index is 12.8. The second-order valence-electron chi connectivity index (χ2n) is 7.37. The second-order valence-corrected chi connectivity index (χ2v) is 9.26. The van der Waals surface area contributed by atoms with Gasteiger partial charge in [-0.3, -0.25) is 4.79 Å². The summed E-state index contributed by atoms with van der Waals surface area (Å²) >= 11 is 5.09. The molecule has 0 aliphatic rings. The van der Waals surface area contributed by atoms with Crippen LogP contribution in [-0.2, 0) is 6.61 Å². The van der Waals surface area contributed by atoms with E-state index in [2.05, 4.69) is 20.9 Å². The van der Waals surface area contributed by atoms with E-state index in [1.165, 1.54) is 11.3 Å². The Morgan fingerprint density at radius 1 is 0.970 bits per heavy atom. The number of nitrogens with one attached hydrogen (secondary N) is 1. The number of ether oxygens (including phenoxy) is 2. The van der Waals surface area contributed by atoms with Gasteiger partial charge in [-0.2, -0.15) is 0 Å². The van der Waals surface area contributed by atoms with Crippen LogP contribution in [0.1, 0.15) is 5.56 Å². The molecular weight excluding hydrogens is 500 g/mol. The molecule has 5 rings (SSSR count). The summed E-state index contributed by atoms with van der Waals surface area (Å²) in [5.41, 5.74) is 2.66. The molecule has 0 saturated heterocycles. The molecule has 0 aliphatic heterocycles. The van der Waals surface area contributed by atoms with Gasteiger partial charge in [0.25, 0.3) is 5.56 Å². The molecule has 33 heavy (non-hydrogen) atoms. The highest BCUT2D eigenvalue weighted by molar-refractivity contribution is 9.10. The van der Waals surface area contributed by atoms with Crippen LogP contribution < -0.4 is 15.0 Å². The molecule has 0 spiro atoms. The molecule has 0 saturated carbocycles. The lowest BCUT2D eigenvalue weighted by Crippen LogP contribution is -2.08. The first kappa shape index (κ1) is 21.4. The molecule has 0 unspecified atom stereocenters. The Bertz CT molecular complexity index is 1480. The van der Waals surface area contributed by atoms with Gasteiger partial charge in [-0.05, 0) is 45.3 Å². The van der Waals surface area contributed by atoms with Crippen molar-refractivity contribution in [2.24, 2.45) is 0 Å². The predicted molar refractivity (Wildman–Crippen MR) is 136 cm³/mol. The fourth-order valence-electron chi connectivity index (χ4n) is 3.54. The summed E-state index contributed by atoms with van der Waals surface area (Å²) in [6.07, 6.45) is 0. The number of hydrogen-bond acceptors (Lipinski definition) is 5. The summed E-state index contributed by atoms with van der Waals surface area (Å²) in [7, 11) is 1.59. The molecule has 0 amide bonds. The molecular formula is C26H19BrN2O3S. The first-order valence-corrected chi connectivity index (χ1v) is 11.9. The van der Waals surface area contributed by atoms with Crippen molar-refractivity contribution in [1.82, 2.24) is 9.97 Å². The van der Waals surface area contributed by atoms with E-state index in [1.807, 2.05) is 78.9 Å². The van der Waals surface area contributed by atoms with Crippen LogP contribution in [0.4, 0.5) is 0 Å². The highest BCUT2D eigenvalue weighted by Crippen LogP contribution is 2.40. The van der Waals surface area contributed by atoms with Crippen molar-refractivity contribution in [3.63, 3.8) is 0 Å². The summed E-state index contributed by atoms with van der Waals surface area (Å²) < 4.78 is 12.3. The Balaban J connectivity index is 1.51. The zero-order valence-electron chi connectivity index (χ0n) is 17.7. The number of thiophene rings is 1. The van der Waals surface area contributed by atoms with Crippen molar-refractivity contribution in [2.45, 2.75) is 6.61 Å². The number of benzene rings is 3. The molecule has 0 atom stereocenters. The van der Waals surface area contributed by atoms with Gasteiger partial charge in [0.2, 0.25) is 0 Å². The zero-order chi connectivity index (χ0) is 22.8. The van der Waals surface area contributed by atoms with Crippen molar-refractivity contribution in [3.8, 4) is 33.3 Å². The maximum Gasteiger partial charge on any atom is 0.259 e. The number of aromatic nitrogens is 2. The summed E-state index contributed by atoms with van der Waals surface area (Å²) in [4.78, 5) is 22.2. The third kappa shape index (κ3) is 4.42. The van der Waals surface area contributed by atoms with Gasteiger partial charge < -0.3 is 14.5 Å². The molecule has 5 nitrogen and oxygen atoms in total. The Morgan fingerprint density at radius 3 is 2.42 bits per heavy atom. The minimum absolute atomic E-state index is 0.173. The minimum atomic E-state index is -0.173. The van der Waals surface area contributed by atoms with E-state index in [4.69, 9.17) is 14.5 Å². The van der Waals surface area contributed by atoms with Crippen molar-refractivity contribution in [3.05, 3.63) is 99.3 Å². The first-order chi connectivity index (χ1) is 16.1. The largest absolute Gasteiger partial charge is 0.493 e. The second kappa shape index (κ2) is 9.21. The molecule has 0 radical (unpaired) electrons. The average molecular weight is 519 g/mol. The van der Waals surface area contributed by atoms with E-state index in [9.17, 15) is 4.79 Å². The zero-order valence-corrected chi connectivity index (χ0v) is 20.1. The van der Waals surface area contributed by atoms with Gasteiger partial charge in [-0.15, -0.1) is 11.3 Å². The molecule has 164 valence electrons. The van der Waals surface area contributed by atoms with Crippen LogP contribution in [0.15, 0.2) is 88.1 Å². The van der Waals surface area contributed by atoms with E-state index < -0.39 is 0 Å². The van der Waals surface area contributed by atoms with Crippen LogP contribution in [-0.4, -0.2) is 17.1 Å². The van der Waals surface area contributed by atoms with Crippen molar-refractivity contribution < 1.29 is 9.47 Å². The summed E-state index contributed by atoms with van der Waals surface area (Å²) in [5.74, 6) is 1.62. The fraction of sp³-hybridized carbons (Fsp3) is 0.0769. The molecule has 0 aliphatic carbocycles. The van der Waals surface area contributed by atoms with Crippen LogP contribution in [0, 0.1) is 0 Å². The van der Waals surface area contributed by atoms with Crippen LogP contribution in [0.2, 0.25) is 0 Å². The standard InChI is InChI=1S/C26H19BrN2O3S/c1-31-21-13-18(12-20(27)23(21)32-15-16-8-4-2-5-9-16)24-28-25(30)19-14-22(33-26(19)29-24)17-10-6-3-7-11-17/h2-14H,15H2,1H3,(H,28,29,30). The molecule has 0 fully saturated rings. The van der Waals surface area contributed by atoms with Gasteiger partial charge in [0.1, 0.15) is 17.3 Å². The van der Waals surface area contributed by atoms with Crippen molar-refractivity contribution in [2.75, 3.05) is 7.11 Å². The number of fused-ring (bicyclic) bond motifs is 1. The maximum atomic E-state index is 12.8. The molecule has 1 N–H and O–H groups in total. The van der Waals surface area contributed by atoms with Crippen LogP contribution >= 0.6 is 27.3 Å². The molecule has 7 heteroatoms. The van der Waals surface area contributed by atoms with Crippen molar-refractivity contribution >= 4 is 37.5 Å². The number of aromatic amines is 1. The molecule has 5 aromatic rings. The average Bonchev–Trinajstić information content (AvgIpc) is 3.29. The third-order valence-electron chi connectivity index (χ3n) is 5.19. The third-order valence-corrected chi connectivity index (χ3v) is 6.86. The lowest BCUT2D eigenvalue weighted by atomic mass is 10.1. The van der Waals surface area contributed by atoms with Gasteiger partial charge in [-0.1, -0.05) is 60.7 Å². The molecule has 2 heterocycles. The summed E-state index contributed by atoms with van der Waals surface area (Å²) in [5, 5.41) is 0.580. The number of hydrogen-bond donors (Lipinski definition) is 1. The van der Waals surface area contributed by atoms with E-state index in [-0.39, 0.29) is 5.56 Å². The Kier molecular flexibility index (Phi) is 5.98. The molecule has 2 aromatic heterocycles. The SMILES string of the molecule is COc1cc(-c2nc3sc(-c4ccccc4)cc3c(=O)[nH]2)cc(Br)c1OCc1ccccc1. The highest BCUT2D eigenvalue weighted by atomic mass is 79.9. The van der Waals surface area contributed by atoms with Crippen LogP contribution in [0.3, 0.4) is 0 Å². The van der Waals surface area contributed by atoms with E-state index in [1.54, 1.807) is 7.11 Å². The van der Waals surface area contributed by atoms with Crippen LogP contribution in [0.5, 0.6) is 11.5 Å². The monoisotopic (exact) mass is 518 g/mol. The smallest absolute Gasteiger partial charge is 0.259 e. The number of H-pyrrole nitrogens is 1. The number of nitrogens with zero attached hydrogens (tertiary/aromatic N) is 1. The molecule has 0 bridgehead atoms. The van der Waals surface area contributed by atoms with Crippen molar-refractivity contribution in [1.29, 1.82) is 0 Å². The van der Waals surface area contributed by atoms with Gasteiger partial charge in [0, 0.05) is 10.4 Å². The number of halogens is 1. The van der Waals surface area contributed by atoms with Crippen LogP contribution in [0.25, 0.3) is 32.0 Å². The topological polar surface area (TPSA) is 64.2 Å².